The molecule has 2 aromatic heterocycles. The minimum absolute atomic E-state index is 0.0961. The molecule has 0 aliphatic carbocycles. The summed E-state index contributed by atoms with van der Waals surface area (Å²) in [5, 5.41) is 6.88. The van der Waals surface area contributed by atoms with Crippen LogP contribution >= 0.6 is 11.3 Å². The maximum absolute atomic E-state index is 13.7. The van der Waals surface area contributed by atoms with E-state index in [1.807, 2.05) is 41.3 Å². The van der Waals surface area contributed by atoms with Crippen LogP contribution in [-0.2, 0) is 6.54 Å². The molecule has 4 aromatic rings. The van der Waals surface area contributed by atoms with Crippen LogP contribution in [0, 0.1) is 0 Å². The van der Waals surface area contributed by atoms with Gasteiger partial charge in [-0.1, -0.05) is 50.1 Å². The summed E-state index contributed by atoms with van der Waals surface area (Å²) in [6, 6.07) is 15.5. The van der Waals surface area contributed by atoms with E-state index in [1.165, 1.54) is 9.38 Å². The van der Waals surface area contributed by atoms with Gasteiger partial charge >= 0.3 is 0 Å². The Morgan fingerprint density at radius 3 is 2.70 bits per heavy atom. The summed E-state index contributed by atoms with van der Waals surface area (Å²) < 4.78 is 2.67. The third-order valence-electron chi connectivity index (χ3n) is 6.41. The molecular weight excluding hydrogens is 432 g/mol. The van der Waals surface area contributed by atoms with Crippen LogP contribution in [-0.4, -0.2) is 38.7 Å². The van der Waals surface area contributed by atoms with E-state index in [9.17, 15) is 9.59 Å². The molecule has 6 nitrogen and oxygen atoms in total. The smallest absolute Gasteiger partial charge is 0.274 e. The van der Waals surface area contributed by atoms with Crippen LogP contribution in [0.25, 0.3) is 21.0 Å². The maximum Gasteiger partial charge on any atom is 0.274 e. The third-order valence-corrected chi connectivity index (χ3v) is 7.61. The highest BCUT2D eigenvalue weighted by Crippen LogP contribution is 2.33. The fourth-order valence-electron chi connectivity index (χ4n) is 4.63. The van der Waals surface area contributed by atoms with Crippen molar-refractivity contribution in [2.45, 2.75) is 51.5 Å². The first-order valence-corrected chi connectivity index (χ1v) is 12.6. The van der Waals surface area contributed by atoms with E-state index < -0.39 is 0 Å². The van der Waals surface area contributed by atoms with Crippen LogP contribution in [0.3, 0.4) is 0 Å². The van der Waals surface area contributed by atoms with Crippen molar-refractivity contribution in [1.82, 2.24) is 19.7 Å². The van der Waals surface area contributed by atoms with Gasteiger partial charge in [-0.05, 0) is 37.5 Å². The first-order chi connectivity index (χ1) is 16.2. The molecule has 0 N–H and O–H groups in total. The number of aromatic nitrogens is 3. The van der Waals surface area contributed by atoms with E-state index >= 15 is 0 Å². The Morgan fingerprint density at radius 1 is 1.09 bits per heavy atom. The van der Waals surface area contributed by atoms with Crippen molar-refractivity contribution in [2.24, 2.45) is 0 Å². The summed E-state index contributed by atoms with van der Waals surface area (Å²) in [6.45, 7) is 3.99. The number of aryl methyl sites for hydroxylation is 1. The molecule has 7 heteroatoms. The number of likely N-dealkylation sites (tertiary alicyclic amines) is 1. The van der Waals surface area contributed by atoms with Crippen LogP contribution in [0.4, 0.5) is 0 Å². The van der Waals surface area contributed by atoms with Crippen molar-refractivity contribution in [3.05, 3.63) is 69.6 Å². The number of rotatable bonds is 6. The van der Waals surface area contributed by atoms with Gasteiger partial charge in [-0.3, -0.25) is 9.59 Å². The van der Waals surface area contributed by atoms with Crippen LogP contribution in [0.2, 0.25) is 0 Å². The second kappa shape index (κ2) is 9.43. The van der Waals surface area contributed by atoms with E-state index in [0.29, 0.717) is 36.1 Å². The van der Waals surface area contributed by atoms with Crippen molar-refractivity contribution in [3.8, 4) is 0 Å². The molecule has 1 atom stereocenters. The molecule has 1 amide bonds. The van der Waals surface area contributed by atoms with Crippen molar-refractivity contribution in [3.63, 3.8) is 0 Å². The number of amides is 1. The third kappa shape index (κ3) is 4.29. The van der Waals surface area contributed by atoms with Gasteiger partial charge in [-0.15, -0.1) is 11.3 Å². The molecule has 1 saturated heterocycles. The van der Waals surface area contributed by atoms with Gasteiger partial charge in [0.1, 0.15) is 0 Å². The maximum atomic E-state index is 13.7. The molecule has 170 valence electrons. The number of piperidine rings is 1. The number of hydrogen-bond acceptors (Lipinski definition) is 5. The van der Waals surface area contributed by atoms with E-state index in [-0.39, 0.29) is 17.4 Å². The predicted octanol–water partition coefficient (Wildman–Crippen LogP) is 5.22. The molecular formula is C26H28N4O2S. The molecule has 0 saturated carbocycles. The Balaban J connectivity index is 1.46. The second-order valence-electron chi connectivity index (χ2n) is 8.74. The zero-order valence-electron chi connectivity index (χ0n) is 18.9. The van der Waals surface area contributed by atoms with Crippen molar-refractivity contribution in [2.75, 3.05) is 13.1 Å². The van der Waals surface area contributed by atoms with Crippen LogP contribution in [0.15, 0.2) is 53.3 Å². The number of carbonyl (C=O) groups excluding carboxylic acids is 1. The van der Waals surface area contributed by atoms with Crippen LogP contribution in [0.1, 0.15) is 60.4 Å². The number of unbranched alkanes of at least 4 members (excludes halogenated alkanes) is 2. The van der Waals surface area contributed by atoms with E-state index in [2.05, 4.69) is 18.1 Å². The fraction of sp³-hybridized carbons (Fsp3) is 0.385. The molecule has 1 aliphatic heterocycles. The van der Waals surface area contributed by atoms with Gasteiger partial charge in [0.25, 0.3) is 11.5 Å². The standard InChI is InChI=1S/C26H28N4O2S/c1-2-3-8-16-30-25(31)20-12-5-4-11-19(20)23(28-30)26(32)29-15-9-10-18(17-29)24-27-21-13-6-7-14-22(21)33-24/h4-7,11-14,18H,2-3,8-10,15-17H2,1H3/t18-/m0/s1. The number of fused-ring (bicyclic) bond motifs is 2. The normalized spacial score (nSPS) is 16.5. The number of carbonyl (C=O) groups is 1. The lowest BCUT2D eigenvalue weighted by Gasteiger charge is -2.31. The number of thiazole rings is 1. The lowest BCUT2D eigenvalue weighted by atomic mass is 9.98. The largest absolute Gasteiger partial charge is 0.337 e. The molecule has 5 rings (SSSR count). The average Bonchev–Trinajstić information content (AvgIpc) is 3.30. The zero-order chi connectivity index (χ0) is 22.8. The first kappa shape index (κ1) is 21.8. The van der Waals surface area contributed by atoms with Gasteiger partial charge in [-0.2, -0.15) is 5.10 Å². The minimum Gasteiger partial charge on any atom is -0.337 e. The number of nitrogens with zero attached hydrogens (tertiary/aromatic N) is 4. The van der Waals surface area contributed by atoms with Gasteiger partial charge in [0, 0.05) is 30.9 Å². The van der Waals surface area contributed by atoms with Gasteiger partial charge in [0.15, 0.2) is 5.69 Å². The molecule has 0 bridgehead atoms. The Hall–Kier alpha value is -3.06. The molecule has 3 heterocycles. The molecule has 2 aromatic carbocycles. The van der Waals surface area contributed by atoms with E-state index in [0.717, 1.165) is 42.6 Å². The quantitative estimate of drug-likeness (QED) is 0.370. The number of benzene rings is 2. The molecule has 1 fully saturated rings. The minimum atomic E-state index is -0.121. The molecule has 1 aliphatic rings. The highest BCUT2D eigenvalue weighted by molar-refractivity contribution is 7.18. The van der Waals surface area contributed by atoms with Crippen molar-refractivity contribution in [1.29, 1.82) is 0 Å². The highest BCUT2D eigenvalue weighted by atomic mass is 32.1. The topological polar surface area (TPSA) is 68.1 Å². The monoisotopic (exact) mass is 460 g/mol. The van der Waals surface area contributed by atoms with Gasteiger partial charge < -0.3 is 4.90 Å². The van der Waals surface area contributed by atoms with Crippen LogP contribution in [0.5, 0.6) is 0 Å². The Bertz CT molecular complexity index is 1330. The van der Waals surface area contributed by atoms with E-state index in [1.54, 1.807) is 17.4 Å². The Kier molecular flexibility index (Phi) is 6.22. The fourth-order valence-corrected chi connectivity index (χ4v) is 5.73. The summed E-state index contributed by atoms with van der Waals surface area (Å²) in [5.41, 5.74) is 1.28. The lowest BCUT2D eigenvalue weighted by Crippen LogP contribution is -2.40. The van der Waals surface area contributed by atoms with Gasteiger partial charge in [0.05, 0.1) is 20.6 Å². The molecule has 0 radical (unpaired) electrons. The summed E-state index contributed by atoms with van der Waals surface area (Å²) in [4.78, 5) is 33.4. The summed E-state index contributed by atoms with van der Waals surface area (Å²) >= 11 is 1.72. The Labute approximate surface area is 196 Å². The van der Waals surface area contributed by atoms with Crippen LogP contribution < -0.4 is 5.56 Å². The highest BCUT2D eigenvalue weighted by Gasteiger charge is 2.29. The van der Waals surface area contributed by atoms with Crippen molar-refractivity contribution >= 4 is 38.2 Å². The summed E-state index contributed by atoms with van der Waals surface area (Å²) in [6.07, 6.45) is 4.92. The molecule has 0 spiro atoms. The average molecular weight is 461 g/mol. The summed E-state index contributed by atoms with van der Waals surface area (Å²) in [5.74, 6) is 0.128. The van der Waals surface area contributed by atoms with Gasteiger partial charge in [0.2, 0.25) is 0 Å². The molecule has 33 heavy (non-hydrogen) atoms. The van der Waals surface area contributed by atoms with Crippen molar-refractivity contribution < 1.29 is 4.79 Å². The lowest BCUT2D eigenvalue weighted by molar-refractivity contribution is 0.0700. The first-order valence-electron chi connectivity index (χ1n) is 11.8. The SMILES string of the molecule is CCCCCn1nc(C(=O)N2CCC[C@H](c3nc4ccccc4s3)C2)c2ccccc2c1=O. The summed E-state index contributed by atoms with van der Waals surface area (Å²) in [7, 11) is 0. The number of hydrogen-bond donors (Lipinski definition) is 0. The van der Waals surface area contributed by atoms with E-state index in [4.69, 9.17) is 4.98 Å². The van der Waals surface area contributed by atoms with Gasteiger partial charge in [-0.25, -0.2) is 9.67 Å². The zero-order valence-corrected chi connectivity index (χ0v) is 19.7. The number of para-hydroxylation sites is 1. The second-order valence-corrected chi connectivity index (χ2v) is 9.80. The molecule has 0 unspecified atom stereocenters. The predicted molar refractivity (Wildman–Crippen MR) is 133 cm³/mol. The Morgan fingerprint density at radius 2 is 1.88 bits per heavy atom.